The molecular formula is C52H36N2. The normalized spacial score (nSPS) is 11.3. The van der Waals surface area contributed by atoms with Gasteiger partial charge in [-0.1, -0.05) is 182 Å². The lowest BCUT2D eigenvalue weighted by Crippen LogP contribution is -2.12. The molecule has 10 rings (SSSR count). The van der Waals surface area contributed by atoms with Gasteiger partial charge in [0, 0.05) is 33.0 Å². The standard InChI is InChI=1S/C52H36N2/c1-3-18-37(19-4-1)41-24-9-10-27-44(41)45-28-12-15-31-50(45)54-51-32-16-13-29-46(51)47-35-34-40(36-52(47)54)53(49-33-17-23-39-22-7-8-25-43(39)49)48-30-14-11-26-42(48)38-20-5-2-6-21-38/h1-36H. The Bertz CT molecular complexity index is 2930. The average Bonchev–Trinajstić information content (AvgIpc) is 3.58. The SMILES string of the molecule is c1ccc(-c2ccccc2-c2ccccc2-n2c3ccccc3c3ccc(N(c4ccccc4-c4ccccc4)c4cccc5ccccc45)cc32)cc1. The minimum atomic E-state index is 1.09. The molecule has 1 heterocycles. The summed E-state index contributed by atoms with van der Waals surface area (Å²) in [5, 5.41) is 4.85. The summed E-state index contributed by atoms with van der Waals surface area (Å²) in [5.41, 5.74) is 14.0. The molecule has 0 unspecified atom stereocenters. The van der Waals surface area contributed by atoms with E-state index in [1.807, 2.05) is 0 Å². The van der Waals surface area contributed by atoms with E-state index < -0.39 is 0 Å². The van der Waals surface area contributed by atoms with Crippen LogP contribution in [0.25, 0.3) is 71.6 Å². The van der Waals surface area contributed by atoms with Crippen LogP contribution in [0.15, 0.2) is 218 Å². The quantitative estimate of drug-likeness (QED) is 0.162. The summed E-state index contributed by atoms with van der Waals surface area (Å²) in [4.78, 5) is 2.45. The Labute approximate surface area is 315 Å². The fourth-order valence-electron chi connectivity index (χ4n) is 8.18. The van der Waals surface area contributed by atoms with Crippen molar-refractivity contribution in [1.82, 2.24) is 4.57 Å². The van der Waals surface area contributed by atoms with Crippen molar-refractivity contribution < 1.29 is 0 Å². The molecule has 0 bridgehead atoms. The van der Waals surface area contributed by atoms with Gasteiger partial charge in [0.15, 0.2) is 0 Å². The van der Waals surface area contributed by atoms with Crippen LogP contribution in [0, 0.1) is 0 Å². The molecule has 0 fully saturated rings. The first-order valence-electron chi connectivity index (χ1n) is 18.5. The summed E-state index contributed by atoms with van der Waals surface area (Å²) in [6.45, 7) is 0. The molecular weight excluding hydrogens is 653 g/mol. The third-order valence-electron chi connectivity index (χ3n) is 10.6. The van der Waals surface area contributed by atoms with Crippen LogP contribution in [0.1, 0.15) is 0 Å². The third kappa shape index (κ3) is 5.36. The lowest BCUT2D eigenvalue weighted by Gasteiger charge is -2.29. The van der Waals surface area contributed by atoms with E-state index in [2.05, 4.69) is 228 Å². The summed E-state index contributed by atoms with van der Waals surface area (Å²) in [7, 11) is 0. The van der Waals surface area contributed by atoms with Crippen molar-refractivity contribution >= 4 is 49.6 Å². The maximum absolute atomic E-state index is 2.47. The van der Waals surface area contributed by atoms with Gasteiger partial charge in [-0.2, -0.15) is 0 Å². The van der Waals surface area contributed by atoms with Gasteiger partial charge < -0.3 is 9.47 Å². The molecule has 0 aliphatic carbocycles. The molecule has 9 aromatic carbocycles. The van der Waals surface area contributed by atoms with Gasteiger partial charge in [-0.25, -0.2) is 0 Å². The first-order chi connectivity index (χ1) is 26.8. The van der Waals surface area contributed by atoms with E-state index in [0.717, 1.165) is 28.3 Å². The molecule has 0 aliphatic rings. The summed E-state index contributed by atoms with van der Waals surface area (Å²) in [6, 6.07) is 78.9. The van der Waals surface area contributed by atoms with Gasteiger partial charge in [0.2, 0.25) is 0 Å². The van der Waals surface area contributed by atoms with Gasteiger partial charge in [-0.05, 0) is 64.0 Å². The zero-order valence-electron chi connectivity index (χ0n) is 29.7. The lowest BCUT2D eigenvalue weighted by molar-refractivity contribution is 1.18. The Morgan fingerprint density at radius 1 is 0.315 bits per heavy atom. The maximum Gasteiger partial charge on any atom is 0.0562 e. The summed E-state index contributed by atoms with van der Waals surface area (Å²) in [6.07, 6.45) is 0. The zero-order valence-corrected chi connectivity index (χ0v) is 29.7. The summed E-state index contributed by atoms with van der Waals surface area (Å²) < 4.78 is 2.47. The Morgan fingerprint density at radius 2 is 0.852 bits per heavy atom. The van der Waals surface area contributed by atoms with Crippen LogP contribution in [-0.4, -0.2) is 4.57 Å². The van der Waals surface area contributed by atoms with Crippen LogP contribution in [0.3, 0.4) is 0 Å². The van der Waals surface area contributed by atoms with Crippen molar-refractivity contribution in [3.8, 4) is 39.1 Å². The van der Waals surface area contributed by atoms with Crippen LogP contribution in [0.4, 0.5) is 17.1 Å². The smallest absolute Gasteiger partial charge is 0.0562 e. The minimum absolute atomic E-state index is 1.09. The monoisotopic (exact) mass is 688 g/mol. The lowest BCUT2D eigenvalue weighted by atomic mass is 9.93. The number of rotatable bonds is 7. The number of fused-ring (bicyclic) bond motifs is 4. The number of hydrogen-bond acceptors (Lipinski definition) is 1. The van der Waals surface area contributed by atoms with Crippen molar-refractivity contribution in [2.45, 2.75) is 0 Å². The molecule has 0 spiro atoms. The Hall–Kier alpha value is -7.16. The van der Waals surface area contributed by atoms with Crippen molar-refractivity contribution in [3.63, 3.8) is 0 Å². The van der Waals surface area contributed by atoms with Gasteiger partial charge in [0.05, 0.1) is 28.1 Å². The van der Waals surface area contributed by atoms with E-state index in [1.165, 1.54) is 60.4 Å². The van der Waals surface area contributed by atoms with Gasteiger partial charge in [0.25, 0.3) is 0 Å². The molecule has 0 saturated carbocycles. The largest absolute Gasteiger partial charge is 0.309 e. The summed E-state index contributed by atoms with van der Waals surface area (Å²) >= 11 is 0. The first-order valence-corrected chi connectivity index (χ1v) is 18.5. The van der Waals surface area contributed by atoms with Crippen molar-refractivity contribution in [2.75, 3.05) is 4.90 Å². The van der Waals surface area contributed by atoms with Crippen molar-refractivity contribution in [1.29, 1.82) is 0 Å². The molecule has 10 aromatic rings. The molecule has 0 aliphatic heterocycles. The van der Waals surface area contributed by atoms with Crippen LogP contribution < -0.4 is 4.90 Å². The van der Waals surface area contributed by atoms with E-state index >= 15 is 0 Å². The molecule has 0 atom stereocenters. The van der Waals surface area contributed by atoms with E-state index in [-0.39, 0.29) is 0 Å². The van der Waals surface area contributed by atoms with Gasteiger partial charge in [0.1, 0.15) is 0 Å². The molecule has 0 radical (unpaired) electrons. The molecule has 1 aromatic heterocycles. The molecule has 254 valence electrons. The van der Waals surface area contributed by atoms with E-state index in [4.69, 9.17) is 0 Å². The highest BCUT2D eigenvalue weighted by Crippen LogP contribution is 2.46. The Kier molecular flexibility index (Phi) is 7.85. The first kappa shape index (κ1) is 31.6. The van der Waals surface area contributed by atoms with Gasteiger partial charge in [-0.15, -0.1) is 0 Å². The van der Waals surface area contributed by atoms with Gasteiger partial charge in [-0.3, -0.25) is 0 Å². The predicted molar refractivity (Wildman–Crippen MR) is 229 cm³/mol. The molecule has 0 saturated heterocycles. The molecule has 2 nitrogen and oxygen atoms in total. The van der Waals surface area contributed by atoms with Crippen LogP contribution in [0.5, 0.6) is 0 Å². The average molecular weight is 689 g/mol. The second-order valence-electron chi connectivity index (χ2n) is 13.7. The fraction of sp³-hybridized carbons (Fsp3) is 0. The molecule has 0 N–H and O–H groups in total. The second kappa shape index (κ2) is 13.4. The Balaban J connectivity index is 1.26. The topological polar surface area (TPSA) is 8.17 Å². The highest BCUT2D eigenvalue weighted by molar-refractivity contribution is 6.12. The highest BCUT2D eigenvalue weighted by Gasteiger charge is 2.22. The van der Waals surface area contributed by atoms with E-state index in [0.29, 0.717) is 0 Å². The molecule has 0 amide bonds. The van der Waals surface area contributed by atoms with Crippen molar-refractivity contribution in [3.05, 3.63) is 218 Å². The summed E-state index contributed by atoms with van der Waals surface area (Å²) in [5.74, 6) is 0. The number of anilines is 3. The van der Waals surface area contributed by atoms with Crippen LogP contribution in [-0.2, 0) is 0 Å². The van der Waals surface area contributed by atoms with Crippen LogP contribution >= 0.6 is 0 Å². The Morgan fingerprint density at radius 3 is 1.65 bits per heavy atom. The number of nitrogens with zero attached hydrogens (tertiary/aromatic N) is 2. The maximum atomic E-state index is 2.47. The van der Waals surface area contributed by atoms with E-state index in [9.17, 15) is 0 Å². The highest BCUT2D eigenvalue weighted by atomic mass is 15.1. The number of para-hydroxylation sites is 3. The predicted octanol–water partition coefficient (Wildman–Crippen LogP) is 14.4. The minimum Gasteiger partial charge on any atom is -0.309 e. The van der Waals surface area contributed by atoms with Gasteiger partial charge >= 0.3 is 0 Å². The van der Waals surface area contributed by atoms with Crippen LogP contribution in [0.2, 0.25) is 0 Å². The third-order valence-corrected chi connectivity index (χ3v) is 10.6. The molecule has 2 heteroatoms. The number of benzene rings is 9. The zero-order chi connectivity index (χ0) is 35.8. The van der Waals surface area contributed by atoms with E-state index in [1.54, 1.807) is 0 Å². The number of aromatic nitrogens is 1. The van der Waals surface area contributed by atoms with Crippen molar-refractivity contribution in [2.24, 2.45) is 0 Å². The number of hydrogen-bond donors (Lipinski definition) is 0. The second-order valence-corrected chi connectivity index (χ2v) is 13.7. The fourth-order valence-corrected chi connectivity index (χ4v) is 8.18. The molecule has 54 heavy (non-hydrogen) atoms.